The average molecular weight is 294 g/mol. The highest BCUT2D eigenvalue weighted by Crippen LogP contribution is 2.30. The third-order valence-corrected chi connectivity index (χ3v) is 3.44. The molecule has 0 bridgehead atoms. The van der Waals surface area contributed by atoms with Crippen LogP contribution in [-0.4, -0.2) is 26.1 Å². The Morgan fingerprint density at radius 3 is 2.75 bits per heavy atom. The molecule has 0 aliphatic rings. The topological polar surface area (TPSA) is 55.1 Å². The quantitative estimate of drug-likeness (QED) is 0.680. The van der Waals surface area contributed by atoms with E-state index in [1.807, 2.05) is 6.92 Å². The number of hydrogen-bond donors (Lipinski definition) is 1. The zero-order valence-electron chi connectivity index (χ0n) is 12.3. The summed E-state index contributed by atoms with van der Waals surface area (Å²) in [6, 6.07) is 0.0776. The Hall–Kier alpha value is -1.46. The monoisotopic (exact) mass is 293 g/mol. The predicted molar refractivity (Wildman–Crippen MR) is 81.1 cm³/mol. The molecule has 5 nitrogen and oxygen atoms in total. The van der Waals surface area contributed by atoms with Gasteiger partial charge in [0.2, 0.25) is 0 Å². The molecule has 2 aromatic rings. The highest BCUT2D eigenvalue weighted by atomic mass is 35.5. The summed E-state index contributed by atoms with van der Waals surface area (Å²) in [5.41, 5.74) is 3.10. The first-order valence-electron chi connectivity index (χ1n) is 6.68. The number of nitrogens with zero attached hydrogens (tertiary/aromatic N) is 4. The van der Waals surface area contributed by atoms with Gasteiger partial charge in [-0.3, -0.25) is 0 Å². The minimum Gasteiger partial charge on any atom is -0.305 e. The maximum Gasteiger partial charge on any atom is 0.253 e. The molecule has 2 aromatic heterocycles. The number of hydrogen-bond acceptors (Lipinski definition) is 4. The van der Waals surface area contributed by atoms with Crippen LogP contribution in [0, 0.1) is 0 Å². The molecule has 1 atom stereocenters. The number of aromatic nitrogens is 4. The smallest absolute Gasteiger partial charge is 0.253 e. The summed E-state index contributed by atoms with van der Waals surface area (Å²) in [6.07, 6.45) is 1.50. The molecule has 0 aromatic carbocycles. The van der Waals surface area contributed by atoms with Crippen LogP contribution >= 0.6 is 11.6 Å². The van der Waals surface area contributed by atoms with Gasteiger partial charge in [0.15, 0.2) is 0 Å². The summed E-state index contributed by atoms with van der Waals surface area (Å²) in [6.45, 7) is 12.9. The maximum atomic E-state index is 6.33. The van der Waals surface area contributed by atoms with Gasteiger partial charge in [-0.1, -0.05) is 37.6 Å². The zero-order chi connectivity index (χ0) is 14.9. The average Bonchev–Trinajstić information content (AvgIpc) is 2.81. The van der Waals surface area contributed by atoms with Crippen molar-refractivity contribution in [3.05, 3.63) is 34.9 Å². The van der Waals surface area contributed by atoms with Crippen molar-refractivity contribution < 1.29 is 0 Å². The molecular weight excluding hydrogens is 274 g/mol. The van der Waals surface area contributed by atoms with Crippen LogP contribution < -0.4 is 5.32 Å². The van der Waals surface area contributed by atoms with E-state index in [-0.39, 0.29) is 12.0 Å². The van der Waals surface area contributed by atoms with E-state index in [1.54, 1.807) is 4.52 Å². The van der Waals surface area contributed by atoms with Gasteiger partial charge >= 0.3 is 0 Å². The van der Waals surface area contributed by atoms with E-state index in [0.717, 1.165) is 23.4 Å². The van der Waals surface area contributed by atoms with Crippen LogP contribution in [0.3, 0.4) is 0 Å². The number of fused-ring (bicyclic) bond motifs is 1. The molecule has 2 heterocycles. The molecule has 1 N–H and O–H groups in total. The Morgan fingerprint density at radius 2 is 2.15 bits per heavy atom. The van der Waals surface area contributed by atoms with Crippen LogP contribution in [0.15, 0.2) is 18.5 Å². The van der Waals surface area contributed by atoms with E-state index >= 15 is 0 Å². The number of nitrogens with one attached hydrogen (secondary N) is 1. The van der Waals surface area contributed by atoms with Crippen molar-refractivity contribution >= 4 is 17.4 Å². The highest BCUT2D eigenvalue weighted by molar-refractivity contribution is 6.30. The Morgan fingerprint density at radius 1 is 1.45 bits per heavy atom. The largest absolute Gasteiger partial charge is 0.305 e. The molecule has 2 rings (SSSR count). The van der Waals surface area contributed by atoms with Gasteiger partial charge in [0.25, 0.3) is 5.78 Å². The summed E-state index contributed by atoms with van der Waals surface area (Å²) in [5.74, 6) is 0.783. The van der Waals surface area contributed by atoms with Crippen molar-refractivity contribution in [2.75, 3.05) is 6.54 Å². The summed E-state index contributed by atoms with van der Waals surface area (Å²) >= 11 is 6.33. The van der Waals surface area contributed by atoms with Crippen LogP contribution in [0.4, 0.5) is 0 Å². The number of rotatable bonds is 5. The second kappa shape index (κ2) is 5.89. The second-order valence-electron chi connectivity index (χ2n) is 5.39. The first-order valence-corrected chi connectivity index (χ1v) is 7.06. The third kappa shape index (κ3) is 2.83. The van der Waals surface area contributed by atoms with E-state index in [0.29, 0.717) is 10.9 Å². The van der Waals surface area contributed by atoms with Crippen LogP contribution in [0.1, 0.15) is 50.9 Å². The minimum atomic E-state index is 0.0776. The summed E-state index contributed by atoms with van der Waals surface area (Å²) in [5, 5.41) is 8.20. The van der Waals surface area contributed by atoms with Gasteiger partial charge in [-0.25, -0.2) is 0 Å². The first kappa shape index (κ1) is 14.9. The van der Waals surface area contributed by atoms with Gasteiger partial charge in [-0.15, -0.1) is 0 Å². The van der Waals surface area contributed by atoms with Crippen molar-refractivity contribution in [2.24, 2.45) is 0 Å². The van der Waals surface area contributed by atoms with Crippen molar-refractivity contribution in [3.63, 3.8) is 0 Å². The van der Waals surface area contributed by atoms with Gasteiger partial charge in [0.05, 0.1) is 5.69 Å². The zero-order valence-corrected chi connectivity index (χ0v) is 13.1. The van der Waals surface area contributed by atoms with Crippen LogP contribution in [0.5, 0.6) is 0 Å². The van der Waals surface area contributed by atoms with Gasteiger partial charge < -0.3 is 5.32 Å². The lowest BCUT2D eigenvalue weighted by molar-refractivity contribution is 0.561. The summed E-state index contributed by atoms with van der Waals surface area (Å²) in [7, 11) is 0. The first-order chi connectivity index (χ1) is 9.41. The van der Waals surface area contributed by atoms with E-state index < -0.39 is 0 Å². The summed E-state index contributed by atoms with van der Waals surface area (Å²) < 4.78 is 1.76. The lowest BCUT2D eigenvalue weighted by Gasteiger charge is -2.21. The third-order valence-electron chi connectivity index (χ3n) is 3.15. The van der Waals surface area contributed by atoms with Gasteiger partial charge in [0, 0.05) is 18.2 Å². The Labute approximate surface area is 124 Å². The van der Waals surface area contributed by atoms with Crippen molar-refractivity contribution in [3.8, 4) is 0 Å². The van der Waals surface area contributed by atoms with Gasteiger partial charge in [0.1, 0.15) is 11.5 Å². The molecule has 0 aliphatic carbocycles. The molecule has 0 saturated carbocycles. The molecule has 0 amide bonds. The fourth-order valence-corrected chi connectivity index (χ4v) is 2.61. The maximum absolute atomic E-state index is 6.33. The molecule has 0 fully saturated rings. The highest BCUT2D eigenvalue weighted by Gasteiger charge is 2.22. The molecular formula is C14H20ClN5. The van der Waals surface area contributed by atoms with Crippen LogP contribution in [-0.2, 0) is 0 Å². The molecule has 6 heteroatoms. The molecule has 0 aliphatic heterocycles. The SMILES string of the molecule is C=C(C)CNC(C)c1c(C(C)C)c(Cl)nc2ncnn12. The standard InChI is InChI=1S/C14H20ClN5/c1-8(2)6-16-10(5)12-11(9(3)4)13(15)19-14-17-7-18-20(12)14/h7,9-10,16H,1,6H2,2-5H3. The molecule has 0 radical (unpaired) electrons. The molecule has 108 valence electrons. The fraction of sp³-hybridized carbons (Fsp3) is 0.500. The second-order valence-corrected chi connectivity index (χ2v) is 5.75. The summed E-state index contributed by atoms with van der Waals surface area (Å²) in [4.78, 5) is 8.43. The predicted octanol–water partition coefficient (Wildman–Crippen LogP) is 3.13. The minimum absolute atomic E-state index is 0.0776. The molecule has 1 unspecified atom stereocenters. The number of halogens is 1. The lowest BCUT2D eigenvalue weighted by atomic mass is 9.99. The molecule has 0 saturated heterocycles. The van der Waals surface area contributed by atoms with Gasteiger partial charge in [-0.05, 0) is 19.8 Å². The van der Waals surface area contributed by atoms with E-state index in [2.05, 4.69) is 47.7 Å². The molecule has 0 spiro atoms. The van der Waals surface area contributed by atoms with Crippen molar-refractivity contribution in [1.29, 1.82) is 0 Å². The Kier molecular flexibility index (Phi) is 4.40. The van der Waals surface area contributed by atoms with Crippen LogP contribution in [0.2, 0.25) is 5.15 Å². The van der Waals surface area contributed by atoms with Gasteiger partial charge in [-0.2, -0.15) is 19.6 Å². The normalized spacial score (nSPS) is 13.1. The lowest BCUT2D eigenvalue weighted by Crippen LogP contribution is -2.25. The van der Waals surface area contributed by atoms with Crippen molar-refractivity contribution in [1.82, 2.24) is 24.9 Å². The molecule has 20 heavy (non-hydrogen) atoms. The van der Waals surface area contributed by atoms with E-state index in [9.17, 15) is 0 Å². The van der Waals surface area contributed by atoms with Crippen LogP contribution in [0.25, 0.3) is 5.78 Å². The Balaban J connectivity index is 2.55. The van der Waals surface area contributed by atoms with E-state index in [1.165, 1.54) is 6.33 Å². The van der Waals surface area contributed by atoms with Crippen molar-refractivity contribution in [2.45, 2.75) is 39.7 Å². The Bertz CT molecular complexity index is 632. The fourth-order valence-electron chi connectivity index (χ4n) is 2.22. The van der Waals surface area contributed by atoms with E-state index in [4.69, 9.17) is 11.6 Å².